The minimum absolute atomic E-state index is 0.311. The van der Waals surface area contributed by atoms with E-state index >= 15 is 0 Å². The van der Waals surface area contributed by atoms with Crippen LogP contribution in [0.1, 0.15) is 46.7 Å². The van der Waals surface area contributed by atoms with E-state index in [-0.39, 0.29) is 0 Å². The first-order valence-electron chi connectivity index (χ1n) is 9.46. The van der Waals surface area contributed by atoms with Crippen molar-refractivity contribution in [1.82, 2.24) is 9.97 Å². The van der Waals surface area contributed by atoms with Crippen LogP contribution >= 0.6 is 11.6 Å². The SMILES string of the molecule is Cc1nc(Cc2ccc(Cl)cc2)nc(N2CCc3ccccc3[C@H]2C)c1C. The van der Waals surface area contributed by atoms with Crippen LogP contribution in [0.15, 0.2) is 48.5 Å². The number of halogens is 1. The van der Waals surface area contributed by atoms with Crippen LogP contribution in [0, 0.1) is 13.8 Å². The fourth-order valence-corrected chi connectivity index (χ4v) is 4.00. The van der Waals surface area contributed by atoms with Crippen LogP contribution in [-0.2, 0) is 12.8 Å². The number of benzene rings is 2. The first-order valence-corrected chi connectivity index (χ1v) is 9.83. The molecule has 0 radical (unpaired) electrons. The molecule has 3 nitrogen and oxygen atoms in total. The molecule has 4 rings (SSSR count). The Labute approximate surface area is 166 Å². The van der Waals surface area contributed by atoms with Crippen molar-refractivity contribution >= 4 is 17.4 Å². The number of rotatable bonds is 3. The van der Waals surface area contributed by atoms with E-state index in [0.29, 0.717) is 12.5 Å². The molecule has 1 atom stereocenters. The lowest BCUT2D eigenvalue weighted by molar-refractivity contribution is 0.612. The van der Waals surface area contributed by atoms with Gasteiger partial charge in [-0.1, -0.05) is 48.0 Å². The highest BCUT2D eigenvalue weighted by atomic mass is 35.5. The topological polar surface area (TPSA) is 29.0 Å². The van der Waals surface area contributed by atoms with Gasteiger partial charge in [0.2, 0.25) is 0 Å². The van der Waals surface area contributed by atoms with Gasteiger partial charge >= 0.3 is 0 Å². The van der Waals surface area contributed by atoms with E-state index in [0.717, 1.165) is 35.3 Å². The Morgan fingerprint density at radius 1 is 1.04 bits per heavy atom. The summed E-state index contributed by atoms with van der Waals surface area (Å²) in [5.74, 6) is 1.93. The molecular weight excluding hydrogens is 354 g/mol. The summed E-state index contributed by atoms with van der Waals surface area (Å²) in [5, 5.41) is 0.751. The lowest BCUT2D eigenvalue weighted by Crippen LogP contribution is -2.35. The second kappa shape index (κ2) is 7.32. The second-order valence-corrected chi connectivity index (χ2v) is 7.73. The van der Waals surface area contributed by atoms with Crippen molar-refractivity contribution in [3.05, 3.63) is 87.3 Å². The van der Waals surface area contributed by atoms with Gasteiger partial charge in [0.15, 0.2) is 0 Å². The van der Waals surface area contributed by atoms with Crippen molar-refractivity contribution < 1.29 is 0 Å². The molecule has 1 aliphatic heterocycles. The van der Waals surface area contributed by atoms with Gasteiger partial charge in [0.05, 0.1) is 6.04 Å². The number of hydrogen-bond acceptors (Lipinski definition) is 3. The molecule has 3 aromatic rings. The smallest absolute Gasteiger partial charge is 0.136 e. The molecule has 2 heterocycles. The minimum atomic E-state index is 0.311. The Morgan fingerprint density at radius 2 is 1.78 bits per heavy atom. The number of aryl methyl sites for hydroxylation is 1. The molecule has 0 fully saturated rings. The molecule has 0 N–H and O–H groups in total. The van der Waals surface area contributed by atoms with Gasteiger partial charge in [-0.15, -0.1) is 0 Å². The molecule has 0 spiro atoms. The highest BCUT2D eigenvalue weighted by Gasteiger charge is 2.26. The predicted octanol–water partition coefficient (Wildman–Crippen LogP) is 5.46. The third kappa shape index (κ3) is 3.57. The molecule has 1 aliphatic rings. The van der Waals surface area contributed by atoms with Crippen LogP contribution in [0.3, 0.4) is 0 Å². The molecule has 0 aliphatic carbocycles. The van der Waals surface area contributed by atoms with Crippen molar-refractivity contribution in [1.29, 1.82) is 0 Å². The van der Waals surface area contributed by atoms with Crippen molar-refractivity contribution in [2.75, 3.05) is 11.4 Å². The first-order chi connectivity index (χ1) is 13.0. The van der Waals surface area contributed by atoms with Crippen molar-refractivity contribution in [2.24, 2.45) is 0 Å². The molecule has 4 heteroatoms. The average molecular weight is 378 g/mol. The summed E-state index contributed by atoms with van der Waals surface area (Å²) in [6.07, 6.45) is 1.76. The Kier molecular flexibility index (Phi) is 4.88. The van der Waals surface area contributed by atoms with Crippen molar-refractivity contribution in [3.8, 4) is 0 Å². The molecule has 0 bridgehead atoms. The third-order valence-corrected chi connectivity index (χ3v) is 5.80. The zero-order valence-corrected chi connectivity index (χ0v) is 16.8. The van der Waals surface area contributed by atoms with E-state index in [9.17, 15) is 0 Å². The van der Waals surface area contributed by atoms with Gasteiger partial charge in [-0.05, 0) is 56.0 Å². The molecule has 0 saturated carbocycles. The van der Waals surface area contributed by atoms with Crippen LogP contribution in [0.4, 0.5) is 5.82 Å². The van der Waals surface area contributed by atoms with Crippen LogP contribution < -0.4 is 4.90 Å². The number of anilines is 1. The van der Waals surface area contributed by atoms with E-state index < -0.39 is 0 Å². The average Bonchev–Trinajstić information content (AvgIpc) is 2.67. The molecule has 2 aromatic carbocycles. The van der Waals surface area contributed by atoms with Gasteiger partial charge in [0.1, 0.15) is 11.6 Å². The third-order valence-electron chi connectivity index (χ3n) is 5.55. The number of fused-ring (bicyclic) bond motifs is 1. The predicted molar refractivity (Wildman–Crippen MR) is 112 cm³/mol. The summed E-state index contributed by atoms with van der Waals surface area (Å²) in [6.45, 7) is 7.46. The Hall–Kier alpha value is -2.39. The number of nitrogens with zero attached hydrogens (tertiary/aromatic N) is 3. The largest absolute Gasteiger partial charge is 0.349 e. The Balaban J connectivity index is 1.68. The summed E-state index contributed by atoms with van der Waals surface area (Å²) in [4.78, 5) is 12.2. The van der Waals surface area contributed by atoms with E-state index in [1.807, 2.05) is 24.3 Å². The van der Waals surface area contributed by atoms with E-state index in [4.69, 9.17) is 21.6 Å². The van der Waals surface area contributed by atoms with Gasteiger partial charge in [-0.3, -0.25) is 0 Å². The van der Waals surface area contributed by atoms with Gasteiger partial charge in [0, 0.05) is 29.2 Å². The van der Waals surface area contributed by atoms with Crippen molar-refractivity contribution in [3.63, 3.8) is 0 Å². The highest BCUT2D eigenvalue weighted by Crippen LogP contribution is 2.34. The second-order valence-electron chi connectivity index (χ2n) is 7.30. The summed E-state index contributed by atoms with van der Waals surface area (Å²) in [6, 6.07) is 17.0. The van der Waals surface area contributed by atoms with Crippen LogP contribution in [-0.4, -0.2) is 16.5 Å². The Morgan fingerprint density at radius 3 is 2.56 bits per heavy atom. The zero-order valence-electron chi connectivity index (χ0n) is 16.0. The normalized spacial score (nSPS) is 16.3. The summed E-state index contributed by atoms with van der Waals surface area (Å²) in [7, 11) is 0. The quantitative estimate of drug-likeness (QED) is 0.606. The van der Waals surface area contributed by atoms with Crippen LogP contribution in [0.25, 0.3) is 0 Å². The maximum Gasteiger partial charge on any atom is 0.136 e. The molecule has 0 amide bonds. The van der Waals surface area contributed by atoms with Gasteiger partial charge in [0.25, 0.3) is 0 Å². The lowest BCUT2D eigenvalue weighted by Gasteiger charge is -2.37. The van der Waals surface area contributed by atoms with Gasteiger partial charge in [-0.2, -0.15) is 0 Å². The summed E-state index contributed by atoms with van der Waals surface area (Å²) >= 11 is 6.01. The molecule has 0 unspecified atom stereocenters. The van der Waals surface area contributed by atoms with Crippen molar-refractivity contribution in [2.45, 2.75) is 39.7 Å². The van der Waals surface area contributed by atoms with E-state index in [1.54, 1.807) is 0 Å². The summed E-state index contributed by atoms with van der Waals surface area (Å²) < 4.78 is 0. The molecule has 1 aromatic heterocycles. The Bertz CT molecular complexity index is 966. The first kappa shape index (κ1) is 18.0. The molecule has 0 saturated heterocycles. The van der Waals surface area contributed by atoms with Crippen LogP contribution in [0.2, 0.25) is 5.02 Å². The standard InChI is InChI=1S/C23H24ClN3/c1-15-16(2)25-22(14-18-8-10-20(24)11-9-18)26-23(15)27-13-12-19-6-4-5-7-21(19)17(27)3/h4-11,17H,12-14H2,1-3H3/t17-/m1/s1. The minimum Gasteiger partial charge on any atom is -0.349 e. The highest BCUT2D eigenvalue weighted by molar-refractivity contribution is 6.30. The fourth-order valence-electron chi connectivity index (χ4n) is 3.88. The monoisotopic (exact) mass is 377 g/mol. The molecule has 27 heavy (non-hydrogen) atoms. The van der Waals surface area contributed by atoms with Gasteiger partial charge < -0.3 is 4.90 Å². The van der Waals surface area contributed by atoms with E-state index in [1.165, 1.54) is 22.3 Å². The molecular formula is C23H24ClN3. The van der Waals surface area contributed by atoms with Gasteiger partial charge in [-0.25, -0.2) is 9.97 Å². The summed E-state index contributed by atoms with van der Waals surface area (Å²) in [5.41, 5.74) is 6.24. The number of hydrogen-bond donors (Lipinski definition) is 0. The van der Waals surface area contributed by atoms with E-state index in [2.05, 4.69) is 49.9 Å². The fraction of sp³-hybridized carbons (Fsp3) is 0.304. The lowest BCUT2D eigenvalue weighted by atomic mass is 9.93. The molecule has 138 valence electrons. The maximum absolute atomic E-state index is 6.01. The maximum atomic E-state index is 6.01. The van der Waals surface area contributed by atoms with Crippen LogP contribution in [0.5, 0.6) is 0 Å². The zero-order chi connectivity index (χ0) is 19.0. The number of aromatic nitrogens is 2.